The molecule has 2 heteroatoms. The Kier molecular flexibility index (Phi) is 3.46. The molecule has 0 aromatic heterocycles. The lowest BCUT2D eigenvalue weighted by atomic mass is 10.2. The zero-order chi connectivity index (χ0) is 10.6. The monoisotopic (exact) mass is 189 g/mol. The summed E-state index contributed by atoms with van der Waals surface area (Å²) in [4.78, 5) is 11.3. The molecule has 0 aliphatic heterocycles. The van der Waals surface area contributed by atoms with E-state index in [1.165, 1.54) is 0 Å². The summed E-state index contributed by atoms with van der Waals surface area (Å²) in [6.45, 7) is 5.79. The molecule has 1 aromatic rings. The Morgan fingerprint density at radius 3 is 2.64 bits per heavy atom. The molecule has 0 saturated heterocycles. The van der Waals surface area contributed by atoms with Crippen LogP contribution in [0, 0.1) is 6.92 Å². The van der Waals surface area contributed by atoms with Crippen LogP contribution in [0.3, 0.4) is 0 Å². The van der Waals surface area contributed by atoms with Crippen LogP contribution in [0.25, 0.3) is 0 Å². The normalized spacial score (nSPS) is 9.36. The highest BCUT2D eigenvalue weighted by atomic mass is 16.1. The summed E-state index contributed by atoms with van der Waals surface area (Å²) in [5, 5.41) is 2.80. The van der Waals surface area contributed by atoms with Crippen LogP contribution in [-0.4, -0.2) is 5.91 Å². The molecule has 0 aliphatic carbocycles. The average molecular weight is 189 g/mol. The highest BCUT2D eigenvalue weighted by Crippen LogP contribution is 2.09. The summed E-state index contributed by atoms with van der Waals surface area (Å²) in [6.07, 6.45) is 1.59. The van der Waals surface area contributed by atoms with Gasteiger partial charge in [-0.3, -0.25) is 4.79 Å². The van der Waals surface area contributed by atoms with E-state index in [1.54, 1.807) is 6.08 Å². The van der Waals surface area contributed by atoms with Gasteiger partial charge in [0.1, 0.15) is 0 Å². The number of amides is 1. The van der Waals surface area contributed by atoms with Gasteiger partial charge < -0.3 is 5.32 Å². The molecule has 0 heterocycles. The van der Waals surface area contributed by atoms with Crippen molar-refractivity contribution in [3.05, 3.63) is 41.5 Å². The first-order valence-electron chi connectivity index (χ1n) is 4.60. The molecule has 0 fully saturated rings. The zero-order valence-corrected chi connectivity index (χ0v) is 8.79. The van der Waals surface area contributed by atoms with Crippen molar-refractivity contribution < 1.29 is 4.79 Å². The van der Waals surface area contributed by atoms with Gasteiger partial charge in [-0.1, -0.05) is 17.7 Å². The fraction of sp³-hybridized carbons (Fsp3) is 0.250. The number of allylic oxidation sites excluding steroid dienone is 1. The number of carbonyl (C=O) groups is 1. The van der Waals surface area contributed by atoms with Gasteiger partial charge >= 0.3 is 0 Å². The predicted octanol–water partition coefficient (Wildman–Crippen LogP) is 2.90. The van der Waals surface area contributed by atoms with Crippen LogP contribution in [0.1, 0.15) is 19.4 Å². The fourth-order valence-corrected chi connectivity index (χ4v) is 1.16. The number of hydrogen-bond donors (Lipinski definition) is 1. The Balaban J connectivity index is 2.70. The van der Waals surface area contributed by atoms with Gasteiger partial charge in [-0.05, 0) is 38.5 Å². The number of carbonyl (C=O) groups excluding carboxylic acids is 1. The summed E-state index contributed by atoms with van der Waals surface area (Å²) in [7, 11) is 0. The van der Waals surface area contributed by atoms with Crippen molar-refractivity contribution in [2.75, 3.05) is 5.32 Å². The first-order valence-corrected chi connectivity index (χ1v) is 4.60. The van der Waals surface area contributed by atoms with Gasteiger partial charge in [0.25, 0.3) is 0 Å². The molecule has 1 N–H and O–H groups in total. The Labute approximate surface area is 84.6 Å². The van der Waals surface area contributed by atoms with Crippen molar-refractivity contribution in [2.24, 2.45) is 0 Å². The van der Waals surface area contributed by atoms with Crippen molar-refractivity contribution >= 4 is 11.6 Å². The highest BCUT2D eigenvalue weighted by Gasteiger charge is 1.97. The van der Waals surface area contributed by atoms with Crippen molar-refractivity contribution in [2.45, 2.75) is 20.8 Å². The van der Waals surface area contributed by atoms with E-state index in [-0.39, 0.29) is 5.91 Å². The van der Waals surface area contributed by atoms with E-state index < -0.39 is 0 Å². The van der Waals surface area contributed by atoms with Crippen LogP contribution in [0.4, 0.5) is 5.69 Å². The molecule has 0 unspecified atom stereocenters. The molecule has 0 saturated carbocycles. The average Bonchev–Trinajstić information content (AvgIpc) is 2.01. The lowest BCUT2D eigenvalue weighted by Gasteiger charge is -2.02. The first-order chi connectivity index (χ1) is 6.58. The fourth-order valence-electron chi connectivity index (χ4n) is 1.16. The molecule has 0 aliphatic rings. The summed E-state index contributed by atoms with van der Waals surface area (Å²) in [5.74, 6) is -0.0735. The van der Waals surface area contributed by atoms with E-state index >= 15 is 0 Å². The molecule has 0 bridgehead atoms. The van der Waals surface area contributed by atoms with E-state index in [1.807, 2.05) is 45.0 Å². The maximum atomic E-state index is 11.3. The number of anilines is 1. The second-order valence-corrected chi connectivity index (χ2v) is 3.58. The number of benzene rings is 1. The smallest absolute Gasteiger partial charge is 0.248 e. The number of hydrogen-bond acceptors (Lipinski definition) is 1. The topological polar surface area (TPSA) is 29.1 Å². The highest BCUT2D eigenvalue weighted by molar-refractivity contribution is 5.99. The third kappa shape index (κ3) is 3.44. The summed E-state index contributed by atoms with van der Waals surface area (Å²) in [6, 6.07) is 7.74. The number of nitrogens with one attached hydrogen (secondary N) is 1. The molecule has 0 spiro atoms. The van der Waals surface area contributed by atoms with Crippen LogP contribution in [0.2, 0.25) is 0 Å². The predicted molar refractivity (Wildman–Crippen MR) is 59.2 cm³/mol. The van der Waals surface area contributed by atoms with Crippen molar-refractivity contribution in [3.63, 3.8) is 0 Å². The number of rotatable bonds is 2. The minimum atomic E-state index is -0.0735. The van der Waals surface area contributed by atoms with Gasteiger partial charge in [0.05, 0.1) is 0 Å². The minimum Gasteiger partial charge on any atom is -0.323 e. The second-order valence-electron chi connectivity index (χ2n) is 3.58. The van der Waals surface area contributed by atoms with Crippen LogP contribution in [0.5, 0.6) is 0 Å². The Hall–Kier alpha value is -1.57. The van der Waals surface area contributed by atoms with Gasteiger partial charge in [0, 0.05) is 11.8 Å². The Morgan fingerprint density at radius 1 is 1.36 bits per heavy atom. The molecular formula is C12H15NO. The molecule has 74 valence electrons. The second kappa shape index (κ2) is 4.61. The van der Waals surface area contributed by atoms with Gasteiger partial charge in [0.2, 0.25) is 5.91 Å². The largest absolute Gasteiger partial charge is 0.323 e. The molecule has 1 rings (SSSR count). The third-order valence-electron chi connectivity index (χ3n) is 1.71. The number of aryl methyl sites for hydroxylation is 1. The van der Waals surface area contributed by atoms with Crippen LogP contribution in [-0.2, 0) is 4.79 Å². The Bertz CT molecular complexity index is 362. The van der Waals surface area contributed by atoms with E-state index in [0.29, 0.717) is 0 Å². The van der Waals surface area contributed by atoms with Crippen molar-refractivity contribution in [1.29, 1.82) is 0 Å². The standard InChI is InChI=1S/C12H15NO/c1-9(2)7-12(14)13-11-6-4-5-10(3)8-11/h4-8H,1-3H3,(H,13,14). The molecular weight excluding hydrogens is 174 g/mol. The van der Waals surface area contributed by atoms with Gasteiger partial charge in [-0.15, -0.1) is 0 Å². The van der Waals surface area contributed by atoms with Crippen LogP contribution < -0.4 is 5.32 Å². The lowest BCUT2D eigenvalue weighted by molar-refractivity contribution is -0.111. The van der Waals surface area contributed by atoms with E-state index in [2.05, 4.69) is 5.32 Å². The summed E-state index contributed by atoms with van der Waals surface area (Å²) in [5.41, 5.74) is 2.97. The zero-order valence-electron chi connectivity index (χ0n) is 8.79. The van der Waals surface area contributed by atoms with Crippen LogP contribution in [0.15, 0.2) is 35.9 Å². The third-order valence-corrected chi connectivity index (χ3v) is 1.71. The van der Waals surface area contributed by atoms with Gasteiger partial charge in [0.15, 0.2) is 0 Å². The van der Waals surface area contributed by atoms with Gasteiger partial charge in [-0.25, -0.2) is 0 Å². The van der Waals surface area contributed by atoms with Crippen molar-refractivity contribution in [3.8, 4) is 0 Å². The van der Waals surface area contributed by atoms with Crippen molar-refractivity contribution in [1.82, 2.24) is 0 Å². The summed E-state index contributed by atoms with van der Waals surface area (Å²) >= 11 is 0. The molecule has 0 radical (unpaired) electrons. The molecule has 1 aromatic carbocycles. The van der Waals surface area contributed by atoms with Crippen LogP contribution >= 0.6 is 0 Å². The quantitative estimate of drug-likeness (QED) is 0.712. The minimum absolute atomic E-state index is 0.0735. The van der Waals surface area contributed by atoms with E-state index in [4.69, 9.17) is 0 Å². The maximum Gasteiger partial charge on any atom is 0.248 e. The molecule has 1 amide bonds. The molecule has 0 atom stereocenters. The SMILES string of the molecule is CC(C)=CC(=O)Nc1cccc(C)c1. The summed E-state index contributed by atoms with van der Waals surface area (Å²) < 4.78 is 0. The maximum absolute atomic E-state index is 11.3. The first kappa shape index (κ1) is 10.5. The van der Waals surface area contributed by atoms with E-state index in [0.717, 1.165) is 16.8 Å². The van der Waals surface area contributed by atoms with Gasteiger partial charge in [-0.2, -0.15) is 0 Å². The molecule has 14 heavy (non-hydrogen) atoms. The molecule has 2 nitrogen and oxygen atoms in total. The van der Waals surface area contributed by atoms with E-state index in [9.17, 15) is 4.79 Å². The Morgan fingerprint density at radius 2 is 2.07 bits per heavy atom. The lowest BCUT2D eigenvalue weighted by Crippen LogP contribution is -2.08.